The van der Waals surface area contributed by atoms with E-state index in [0.717, 1.165) is 0 Å². The van der Waals surface area contributed by atoms with Gasteiger partial charge in [-0.1, -0.05) is 0 Å². The maximum Gasteiger partial charge on any atom is 0.326 e. The maximum atomic E-state index is 12.7. The van der Waals surface area contributed by atoms with E-state index in [-0.39, 0.29) is 31.9 Å². The molecule has 3 atom stereocenters. The van der Waals surface area contributed by atoms with Gasteiger partial charge in [0.15, 0.2) is 5.96 Å². The fourth-order valence-corrected chi connectivity index (χ4v) is 3.42. The van der Waals surface area contributed by atoms with Crippen LogP contribution in [-0.2, 0) is 19.2 Å². The van der Waals surface area contributed by atoms with Crippen LogP contribution >= 0.6 is 23.5 Å². The first-order valence-electron chi connectivity index (χ1n) is 10.0. The number of carboxylic acid groups (broad SMARTS) is 1. The number of hydrogen-bond acceptors (Lipinski definition) is 8. The lowest BCUT2D eigenvalue weighted by atomic mass is 10.1. The van der Waals surface area contributed by atoms with Crippen molar-refractivity contribution in [3.63, 3.8) is 0 Å². The SMILES string of the molecule is CSCCC(N)C(=O)NCC(=O)NC(CCCN=C(N)N)C(=O)NC(CCSC)C(=O)O. The van der Waals surface area contributed by atoms with Crippen LogP contribution in [0, 0.1) is 0 Å². The molecule has 0 bridgehead atoms. The fraction of sp³-hybridized carbons (Fsp3) is 0.722. The smallest absolute Gasteiger partial charge is 0.326 e. The standard InChI is InChI=1S/C18H35N7O5S2/c1-31-8-5-11(19)15(27)23-10-14(26)24-12(4-3-7-22-18(20)21)16(28)25-13(17(29)30)6-9-32-2/h11-13H,3-10,19H2,1-2H3,(H,23,27)(H,24,26)(H,25,28)(H,29,30)(H4,20,21,22). The van der Waals surface area contributed by atoms with Crippen molar-refractivity contribution in [3.8, 4) is 0 Å². The molecule has 0 aliphatic carbocycles. The van der Waals surface area contributed by atoms with Crippen molar-refractivity contribution >= 4 is 53.2 Å². The molecule has 0 aliphatic rings. The Bertz CT molecular complexity index is 647. The highest BCUT2D eigenvalue weighted by atomic mass is 32.2. The number of aliphatic carboxylic acids is 1. The van der Waals surface area contributed by atoms with Crippen LogP contribution in [0.1, 0.15) is 25.7 Å². The Hall–Kier alpha value is -2.19. The van der Waals surface area contributed by atoms with Gasteiger partial charge in [0, 0.05) is 6.54 Å². The summed E-state index contributed by atoms with van der Waals surface area (Å²) in [5.41, 5.74) is 16.3. The highest BCUT2D eigenvalue weighted by Crippen LogP contribution is 2.04. The van der Waals surface area contributed by atoms with Crippen molar-refractivity contribution < 1.29 is 24.3 Å². The van der Waals surface area contributed by atoms with Gasteiger partial charge in [0.1, 0.15) is 12.1 Å². The number of nitrogens with two attached hydrogens (primary N) is 3. The van der Waals surface area contributed by atoms with Gasteiger partial charge < -0.3 is 38.3 Å². The van der Waals surface area contributed by atoms with E-state index in [9.17, 15) is 24.3 Å². The third-order valence-electron chi connectivity index (χ3n) is 4.22. The van der Waals surface area contributed by atoms with Gasteiger partial charge in [-0.15, -0.1) is 0 Å². The predicted molar refractivity (Wildman–Crippen MR) is 128 cm³/mol. The summed E-state index contributed by atoms with van der Waals surface area (Å²) in [4.78, 5) is 52.2. The average molecular weight is 494 g/mol. The number of guanidine groups is 1. The fourth-order valence-electron chi connectivity index (χ4n) is 2.46. The molecule has 0 heterocycles. The monoisotopic (exact) mass is 493 g/mol. The van der Waals surface area contributed by atoms with E-state index >= 15 is 0 Å². The van der Waals surface area contributed by atoms with Crippen molar-refractivity contribution in [1.82, 2.24) is 16.0 Å². The number of hydrogen-bond donors (Lipinski definition) is 7. The topological polar surface area (TPSA) is 215 Å². The molecular formula is C18H35N7O5S2. The molecule has 32 heavy (non-hydrogen) atoms. The van der Waals surface area contributed by atoms with E-state index in [1.165, 1.54) is 11.8 Å². The van der Waals surface area contributed by atoms with E-state index < -0.39 is 41.8 Å². The summed E-state index contributed by atoms with van der Waals surface area (Å²) in [6.45, 7) is -0.129. The zero-order chi connectivity index (χ0) is 24.5. The Morgan fingerprint density at radius 3 is 2.12 bits per heavy atom. The average Bonchev–Trinajstić information content (AvgIpc) is 2.74. The molecule has 0 aliphatic heterocycles. The molecule has 0 aromatic carbocycles. The van der Waals surface area contributed by atoms with Crippen molar-refractivity contribution in [2.75, 3.05) is 37.1 Å². The Kier molecular flexibility index (Phi) is 16.2. The molecule has 10 N–H and O–H groups in total. The molecular weight excluding hydrogens is 458 g/mol. The molecule has 0 aromatic rings. The zero-order valence-electron chi connectivity index (χ0n) is 18.5. The van der Waals surface area contributed by atoms with Crippen LogP contribution in [0.4, 0.5) is 0 Å². The van der Waals surface area contributed by atoms with Crippen LogP contribution in [0.2, 0.25) is 0 Å². The van der Waals surface area contributed by atoms with Gasteiger partial charge >= 0.3 is 5.97 Å². The second kappa shape index (κ2) is 17.4. The summed E-state index contributed by atoms with van der Waals surface area (Å²) in [5.74, 6) is -1.72. The van der Waals surface area contributed by atoms with Gasteiger partial charge in [0.2, 0.25) is 17.7 Å². The quantitative estimate of drug-likeness (QED) is 0.0674. The number of carboxylic acids is 1. The Morgan fingerprint density at radius 1 is 0.938 bits per heavy atom. The van der Waals surface area contributed by atoms with E-state index in [1.807, 2.05) is 12.5 Å². The third kappa shape index (κ3) is 14.0. The van der Waals surface area contributed by atoms with E-state index in [1.54, 1.807) is 11.8 Å². The van der Waals surface area contributed by atoms with Crippen LogP contribution in [0.25, 0.3) is 0 Å². The molecule has 14 heteroatoms. The Morgan fingerprint density at radius 2 is 1.56 bits per heavy atom. The molecule has 12 nitrogen and oxygen atoms in total. The van der Waals surface area contributed by atoms with E-state index in [4.69, 9.17) is 17.2 Å². The largest absolute Gasteiger partial charge is 0.480 e. The van der Waals surface area contributed by atoms with Gasteiger partial charge in [0.25, 0.3) is 0 Å². The minimum Gasteiger partial charge on any atom is -0.480 e. The van der Waals surface area contributed by atoms with Gasteiger partial charge in [-0.3, -0.25) is 19.4 Å². The summed E-state index contributed by atoms with van der Waals surface area (Å²) in [6, 6.07) is -2.84. The number of rotatable bonds is 17. The highest BCUT2D eigenvalue weighted by molar-refractivity contribution is 7.98. The highest BCUT2D eigenvalue weighted by Gasteiger charge is 2.26. The molecule has 0 saturated carbocycles. The van der Waals surface area contributed by atoms with Gasteiger partial charge in [0.05, 0.1) is 12.6 Å². The Balaban J connectivity index is 4.97. The van der Waals surface area contributed by atoms with Crippen LogP contribution in [-0.4, -0.2) is 90.0 Å². The number of nitrogens with zero attached hydrogens (tertiary/aromatic N) is 1. The van der Waals surface area contributed by atoms with Crippen molar-refractivity contribution in [3.05, 3.63) is 0 Å². The molecule has 3 unspecified atom stereocenters. The molecule has 184 valence electrons. The van der Waals surface area contributed by atoms with Crippen molar-refractivity contribution in [2.45, 2.75) is 43.8 Å². The second-order valence-electron chi connectivity index (χ2n) is 6.86. The number of thioether (sulfide) groups is 2. The molecule has 0 saturated heterocycles. The first-order chi connectivity index (χ1) is 15.1. The molecule has 3 amide bonds. The van der Waals surface area contributed by atoms with Gasteiger partial charge in [-0.2, -0.15) is 23.5 Å². The third-order valence-corrected chi connectivity index (χ3v) is 5.50. The number of amides is 3. The summed E-state index contributed by atoms with van der Waals surface area (Å²) in [5, 5.41) is 16.7. The summed E-state index contributed by atoms with van der Waals surface area (Å²) in [7, 11) is 0. The van der Waals surface area contributed by atoms with Gasteiger partial charge in [-0.25, -0.2) is 4.79 Å². The zero-order valence-corrected chi connectivity index (χ0v) is 20.1. The first-order valence-corrected chi connectivity index (χ1v) is 12.8. The van der Waals surface area contributed by atoms with Crippen LogP contribution in [0.3, 0.4) is 0 Å². The maximum absolute atomic E-state index is 12.7. The number of carbonyl (C=O) groups is 4. The molecule has 0 fully saturated rings. The van der Waals surface area contributed by atoms with Gasteiger partial charge in [-0.05, 0) is 49.7 Å². The van der Waals surface area contributed by atoms with E-state index in [0.29, 0.717) is 24.3 Å². The predicted octanol–water partition coefficient (Wildman–Crippen LogP) is -1.96. The van der Waals surface area contributed by atoms with Crippen LogP contribution in [0.5, 0.6) is 0 Å². The summed E-state index contributed by atoms with van der Waals surface area (Å²) in [6.07, 6.45) is 4.97. The second-order valence-corrected chi connectivity index (χ2v) is 8.83. The first kappa shape index (κ1) is 29.8. The number of carbonyl (C=O) groups excluding carboxylic acids is 3. The number of aliphatic imine (C=N–C) groups is 1. The van der Waals surface area contributed by atoms with E-state index in [2.05, 4.69) is 20.9 Å². The Labute approximate surface area is 196 Å². The molecule has 0 aromatic heterocycles. The van der Waals surface area contributed by atoms with Crippen molar-refractivity contribution in [1.29, 1.82) is 0 Å². The minimum absolute atomic E-state index is 0.0985. The van der Waals surface area contributed by atoms with Crippen molar-refractivity contribution in [2.24, 2.45) is 22.2 Å². The van der Waals surface area contributed by atoms with Crippen LogP contribution < -0.4 is 33.2 Å². The minimum atomic E-state index is -1.16. The molecule has 0 spiro atoms. The molecule has 0 rings (SSSR count). The lowest BCUT2D eigenvalue weighted by Crippen LogP contribution is -2.53. The summed E-state index contributed by atoms with van der Waals surface area (Å²) < 4.78 is 0. The van der Waals surface area contributed by atoms with Crippen LogP contribution in [0.15, 0.2) is 4.99 Å². The summed E-state index contributed by atoms with van der Waals surface area (Å²) >= 11 is 3.01. The number of nitrogens with one attached hydrogen (secondary N) is 3. The lowest BCUT2D eigenvalue weighted by molar-refractivity contribution is -0.142. The molecule has 0 radical (unpaired) electrons. The normalized spacial score (nSPS) is 13.3. The lowest BCUT2D eigenvalue weighted by Gasteiger charge is -2.21.